The maximum atomic E-state index is 11.9. The van der Waals surface area contributed by atoms with Crippen molar-refractivity contribution < 1.29 is 24.2 Å². The molecular weight excluding hydrogens is 310 g/mol. The average molecular weight is 329 g/mol. The molecule has 0 aliphatic rings. The number of esters is 1. The Morgan fingerprint density at radius 3 is 1.88 bits per heavy atom. The molecule has 1 amide bonds. The van der Waals surface area contributed by atoms with E-state index in [0.717, 1.165) is 11.1 Å². The fourth-order valence-corrected chi connectivity index (χ4v) is 1.92. The molecule has 0 aliphatic carbocycles. The zero-order chi connectivity index (χ0) is 17.2. The van der Waals surface area contributed by atoms with E-state index in [1.807, 2.05) is 60.7 Å². The van der Waals surface area contributed by atoms with Gasteiger partial charge >= 0.3 is 12.1 Å². The highest BCUT2D eigenvalue weighted by Gasteiger charge is 2.22. The number of hydrogen-bond donors (Lipinski definition) is 2. The summed E-state index contributed by atoms with van der Waals surface area (Å²) in [6, 6.07) is 17.1. The maximum Gasteiger partial charge on any atom is 0.408 e. The van der Waals surface area contributed by atoms with E-state index in [9.17, 15) is 14.7 Å². The van der Waals surface area contributed by atoms with Gasteiger partial charge in [0.1, 0.15) is 13.2 Å². The SMILES string of the molecule is O=C(N[C@@H](CO)C(=O)OCc1ccccc1)OCc1ccccc1. The predicted molar refractivity (Wildman–Crippen MR) is 86.9 cm³/mol. The molecule has 0 aliphatic heterocycles. The van der Waals surface area contributed by atoms with Crippen LogP contribution in [0.4, 0.5) is 4.79 Å². The van der Waals surface area contributed by atoms with Gasteiger partial charge in [0.2, 0.25) is 0 Å². The van der Waals surface area contributed by atoms with Crippen molar-refractivity contribution in [3.63, 3.8) is 0 Å². The first-order valence-electron chi connectivity index (χ1n) is 7.47. The Morgan fingerprint density at radius 2 is 1.38 bits per heavy atom. The largest absolute Gasteiger partial charge is 0.459 e. The fourth-order valence-electron chi connectivity index (χ4n) is 1.92. The number of nitrogens with one attached hydrogen (secondary N) is 1. The number of rotatable bonds is 7. The van der Waals surface area contributed by atoms with E-state index in [2.05, 4.69) is 5.32 Å². The van der Waals surface area contributed by atoms with Crippen LogP contribution in [-0.4, -0.2) is 29.8 Å². The van der Waals surface area contributed by atoms with Gasteiger partial charge in [0, 0.05) is 0 Å². The van der Waals surface area contributed by atoms with Crippen LogP contribution < -0.4 is 5.32 Å². The van der Waals surface area contributed by atoms with Crippen molar-refractivity contribution in [2.24, 2.45) is 0 Å². The zero-order valence-electron chi connectivity index (χ0n) is 13.1. The lowest BCUT2D eigenvalue weighted by atomic mass is 10.2. The molecule has 0 saturated carbocycles. The maximum absolute atomic E-state index is 11.9. The van der Waals surface area contributed by atoms with Crippen molar-refractivity contribution in [3.8, 4) is 0 Å². The number of alkyl carbamates (subject to hydrolysis) is 1. The minimum atomic E-state index is -1.17. The summed E-state index contributed by atoms with van der Waals surface area (Å²) in [6.45, 7) is -0.436. The fraction of sp³-hybridized carbons (Fsp3) is 0.222. The van der Waals surface area contributed by atoms with Crippen LogP contribution in [0.5, 0.6) is 0 Å². The van der Waals surface area contributed by atoms with Gasteiger partial charge in [0.05, 0.1) is 6.61 Å². The first-order valence-corrected chi connectivity index (χ1v) is 7.47. The van der Waals surface area contributed by atoms with Crippen LogP contribution in [0.3, 0.4) is 0 Å². The van der Waals surface area contributed by atoms with Crippen LogP contribution in [0, 0.1) is 0 Å². The first-order chi connectivity index (χ1) is 11.7. The molecule has 1 atom stereocenters. The third-order valence-corrected chi connectivity index (χ3v) is 3.20. The highest BCUT2D eigenvalue weighted by molar-refractivity contribution is 5.81. The minimum Gasteiger partial charge on any atom is -0.459 e. The van der Waals surface area contributed by atoms with Gasteiger partial charge in [-0.05, 0) is 11.1 Å². The number of aliphatic hydroxyl groups is 1. The predicted octanol–water partition coefficient (Wildman–Crippen LogP) is 2.02. The van der Waals surface area contributed by atoms with E-state index < -0.39 is 24.7 Å². The standard InChI is InChI=1S/C18H19NO5/c20-11-16(17(21)23-12-14-7-3-1-4-8-14)19-18(22)24-13-15-9-5-2-6-10-15/h1-10,16,20H,11-13H2,(H,19,22)/t16-/m0/s1. The van der Waals surface area contributed by atoms with Crippen LogP contribution in [0.15, 0.2) is 60.7 Å². The number of ether oxygens (including phenoxy) is 2. The van der Waals surface area contributed by atoms with Gasteiger partial charge in [0.25, 0.3) is 0 Å². The van der Waals surface area contributed by atoms with Crippen LogP contribution >= 0.6 is 0 Å². The molecule has 0 heterocycles. The van der Waals surface area contributed by atoms with E-state index in [1.54, 1.807) is 0 Å². The Balaban J connectivity index is 1.77. The molecule has 2 aromatic carbocycles. The Morgan fingerprint density at radius 1 is 0.875 bits per heavy atom. The third kappa shape index (κ3) is 5.73. The third-order valence-electron chi connectivity index (χ3n) is 3.20. The molecule has 0 unspecified atom stereocenters. The van der Waals surface area contributed by atoms with Crippen LogP contribution in [0.2, 0.25) is 0 Å². The quantitative estimate of drug-likeness (QED) is 0.759. The Labute approximate surface area is 140 Å². The molecule has 0 radical (unpaired) electrons. The summed E-state index contributed by atoms with van der Waals surface area (Å²) in [5.74, 6) is -0.724. The van der Waals surface area contributed by atoms with Crippen LogP contribution in [-0.2, 0) is 27.5 Å². The number of carbonyl (C=O) groups excluding carboxylic acids is 2. The van der Waals surface area contributed by atoms with Gasteiger partial charge < -0.3 is 19.9 Å². The molecule has 0 spiro atoms. The summed E-state index contributed by atoms with van der Waals surface area (Å²) in [7, 11) is 0. The molecule has 2 aromatic rings. The van der Waals surface area contributed by atoms with E-state index in [0.29, 0.717) is 0 Å². The molecule has 2 rings (SSSR count). The number of carbonyl (C=O) groups is 2. The van der Waals surface area contributed by atoms with Gasteiger partial charge in [-0.1, -0.05) is 60.7 Å². The van der Waals surface area contributed by atoms with Gasteiger partial charge in [-0.3, -0.25) is 0 Å². The van der Waals surface area contributed by atoms with Crippen molar-refractivity contribution in [2.75, 3.05) is 6.61 Å². The Kier molecular flexibility index (Phi) is 6.79. The molecule has 6 nitrogen and oxygen atoms in total. The normalized spacial score (nSPS) is 11.4. The summed E-state index contributed by atoms with van der Waals surface area (Å²) in [6.07, 6.45) is -0.797. The van der Waals surface area contributed by atoms with Gasteiger partial charge in [-0.15, -0.1) is 0 Å². The van der Waals surface area contributed by atoms with E-state index >= 15 is 0 Å². The van der Waals surface area contributed by atoms with Gasteiger partial charge in [0.15, 0.2) is 6.04 Å². The Bertz CT molecular complexity index is 645. The number of hydrogen-bond acceptors (Lipinski definition) is 5. The number of benzene rings is 2. The van der Waals surface area contributed by atoms with Crippen molar-refractivity contribution in [1.29, 1.82) is 0 Å². The van der Waals surface area contributed by atoms with E-state index in [-0.39, 0.29) is 13.2 Å². The lowest BCUT2D eigenvalue weighted by molar-refractivity contribution is -0.148. The molecule has 0 bridgehead atoms. The highest BCUT2D eigenvalue weighted by atomic mass is 16.6. The van der Waals surface area contributed by atoms with E-state index in [1.165, 1.54) is 0 Å². The second-order valence-electron chi connectivity index (χ2n) is 5.03. The second-order valence-corrected chi connectivity index (χ2v) is 5.03. The molecule has 0 aromatic heterocycles. The molecule has 0 fully saturated rings. The molecule has 0 saturated heterocycles. The van der Waals surface area contributed by atoms with Gasteiger partial charge in [-0.25, -0.2) is 9.59 Å². The summed E-state index contributed by atoms with van der Waals surface area (Å²) < 4.78 is 10.1. The topological polar surface area (TPSA) is 84.9 Å². The van der Waals surface area contributed by atoms with E-state index in [4.69, 9.17) is 9.47 Å². The first kappa shape index (κ1) is 17.5. The van der Waals surface area contributed by atoms with Gasteiger partial charge in [-0.2, -0.15) is 0 Å². The lowest BCUT2D eigenvalue weighted by Crippen LogP contribution is -2.44. The van der Waals surface area contributed by atoms with Crippen molar-refractivity contribution >= 4 is 12.1 Å². The number of amides is 1. The van der Waals surface area contributed by atoms with Crippen molar-refractivity contribution in [1.82, 2.24) is 5.32 Å². The average Bonchev–Trinajstić information content (AvgIpc) is 2.64. The Hall–Kier alpha value is -2.86. The summed E-state index contributed by atoms with van der Waals surface area (Å²) in [5.41, 5.74) is 1.63. The molecule has 126 valence electrons. The zero-order valence-corrected chi connectivity index (χ0v) is 13.1. The molecule has 2 N–H and O–H groups in total. The molecule has 6 heteroatoms. The van der Waals surface area contributed by atoms with Crippen LogP contribution in [0.1, 0.15) is 11.1 Å². The monoisotopic (exact) mass is 329 g/mol. The molecule has 24 heavy (non-hydrogen) atoms. The van der Waals surface area contributed by atoms with Crippen LogP contribution in [0.25, 0.3) is 0 Å². The smallest absolute Gasteiger partial charge is 0.408 e. The van der Waals surface area contributed by atoms with Crippen molar-refractivity contribution in [2.45, 2.75) is 19.3 Å². The second kappa shape index (κ2) is 9.32. The summed E-state index contributed by atoms with van der Waals surface area (Å²) in [5, 5.41) is 11.5. The minimum absolute atomic E-state index is 0.0664. The van der Waals surface area contributed by atoms with Crippen molar-refractivity contribution in [3.05, 3.63) is 71.8 Å². The lowest BCUT2D eigenvalue weighted by Gasteiger charge is -2.15. The summed E-state index contributed by atoms with van der Waals surface area (Å²) in [4.78, 5) is 23.6. The highest BCUT2D eigenvalue weighted by Crippen LogP contribution is 2.03. The number of aliphatic hydroxyl groups excluding tert-OH is 1. The summed E-state index contributed by atoms with van der Waals surface area (Å²) >= 11 is 0. The molecular formula is C18H19NO5.